The fourth-order valence-corrected chi connectivity index (χ4v) is 5.57. The summed E-state index contributed by atoms with van der Waals surface area (Å²) >= 11 is 7.96. The second-order valence-corrected chi connectivity index (χ2v) is 13.9. The molecule has 9 heteroatoms. The molecule has 1 unspecified atom stereocenters. The Hall–Kier alpha value is -2.26. The van der Waals surface area contributed by atoms with Crippen molar-refractivity contribution < 1.29 is 23.8 Å². The normalized spacial score (nSPS) is 17.8. The summed E-state index contributed by atoms with van der Waals surface area (Å²) < 4.78 is 17.0. The van der Waals surface area contributed by atoms with Crippen molar-refractivity contribution in [2.45, 2.75) is 85.0 Å². The third kappa shape index (κ3) is 9.71. The van der Waals surface area contributed by atoms with Crippen LogP contribution in [0.4, 0.5) is 5.69 Å². The van der Waals surface area contributed by atoms with Crippen molar-refractivity contribution in [2.75, 3.05) is 19.8 Å². The molecular weight excluding hydrogens is 536 g/mol. The SMILES string of the molecule is CC1(C)CC(C=Nc2cccc(-c3sc(C(=O)OC(C)(C)C)c(OCC(=O)COC(C)(C)C)c3Cl)c2)CCN1. The van der Waals surface area contributed by atoms with Crippen molar-refractivity contribution in [3.05, 3.63) is 34.2 Å². The van der Waals surface area contributed by atoms with Crippen molar-refractivity contribution in [1.29, 1.82) is 0 Å². The predicted octanol–water partition coefficient (Wildman–Crippen LogP) is 7.27. The summed E-state index contributed by atoms with van der Waals surface area (Å²) in [5.41, 5.74) is 0.522. The maximum absolute atomic E-state index is 13.1. The Morgan fingerprint density at radius 1 is 1.15 bits per heavy atom. The van der Waals surface area contributed by atoms with E-state index in [9.17, 15) is 9.59 Å². The topological polar surface area (TPSA) is 86.2 Å². The van der Waals surface area contributed by atoms with Crippen molar-refractivity contribution in [1.82, 2.24) is 5.32 Å². The average molecular weight is 577 g/mol. The first-order valence-corrected chi connectivity index (χ1v) is 14.5. The van der Waals surface area contributed by atoms with Gasteiger partial charge in [0.2, 0.25) is 0 Å². The van der Waals surface area contributed by atoms with Crippen LogP contribution in [0.2, 0.25) is 5.02 Å². The lowest BCUT2D eigenvalue weighted by molar-refractivity contribution is -0.130. The highest BCUT2D eigenvalue weighted by molar-refractivity contribution is 7.18. The zero-order chi connectivity index (χ0) is 29.0. The summed E-state index contributed by atoms with van der Waals surface area (Å²) in [6.07, 6.45) is 4.10. The van der Waals surface area contributed by atoms with Gasteiger partial charge >= 0.3 is 5.97 Å². The Labute approximate surface area is 241 Å². The fraction of sp³-hybridized carbons (Fsp3) is 0.567. The van der Waals surface area contributed by atoms with Gasteiger partial charge in [0, 0.05) is 11.8 Å². The Bertz CT molecular complexity index is 1210. The van der Waals surface area contributed by atoms with Gasteiger partial charge in [-0.1, -0.05) is 23.7 Å². The van der Waals surface area contributed by atoms with Gasteiger partial charge in [-0.25, -0.2) is 4.79 Å². The Morgan fingerprint density at radius 3 is 2.51 bits per heavy atom. The molecule has 0 saturated carbocycles. The largest absolute Gasteiger partial charge is 0.482 e. The zero-order valence-electron chi connectivity index (χ0n) is 24.3. The van der Waals surface area contributed by atoms with Crippen LogP contribution in [-0.4, -0.2) is 54.5 Å². The fourth-order valence-electron chi connectivity index (χ4n) is 4.13. The quantitative estimate of drug-likeness (QED) is 0.249. The summed E-state index contributed by atoms with van der Waals surface area (Å²) in [5, 5.41) is 3.79. The molecule has 1 aromatic heterocycles. The number of hydrogen-bond donors (Lipinski definition) is 1. The first kappa shape index (κ1) is 31.3. The van der Waals surface area contributed by atoms with E-state index in [1.54, 1.807) is 20.8 Å². The molecule has 1 aliphatic heterocycles. The molecule has 39 heavy (non-hydrogen) atoms. The molecule has 1 atom stereocenters. The number of nitrogens with one attached hydrogen (secondary N) is 1. The molecule has 1 aliphatic rings. The molecule has 2 aromatic rings. The number of ether oxygens (including phenoxy) is 3. The van der Waals surface area contributed by atoms with Crippen LogP contribution < -0.4 is 10.1 Å². The Balaban J connectivity index is 1.87. The van der Waals surface area contributed by atoms with Crippen LogP contribution in [0.15, 0.2) is 29.3 Å². The summed E-state index contributed by atoms with van der Waals surface area (Å²) in [4.78, 5) is 31.1. The van der Waals surface area contributed by atoms with Crippen LogP contribution in [-0.2, 0) is 14.3 Å². The van der Waals surface area contributed by atoms with E-state index in [1.807, 2.05) is 51.3 Å². The summed E-state index contributed by atoms with van der Waals surface area (Å²) in [6, 6.07) is 7.69. The summed E-state index contributed by atoms with van der Waals surface area (Å²) in [5.74, 6) is -0.285. The Kier molecular flexibility index (Phi) is 10.0. The number of carbonyl (C=O) groups is 2. The number of piperidine rings is 1. The van der Waals surface area contributed by atoms with Gasteiger partial charge in [0.1, 0.15) is 23.8 Å². The second kappa shape index (κ2) is 12.5. The van der Waals surface area contributed by atoms with E-state index in [0.717, 1.165) is 30.6 Å². The van der Waals surface area contributed by atoms with Crippen LogP contribution in [0, 0.1) is 5.92 Å². The number of halogens is 1. The van der Waals surface area contributed by atoms with Gasteiger partial charge in [0.25, 0.3) is 0 Å². The van der Waals surface area contributed by atoms with Crippen LogP contribution in [0.5, 0.6) is 5.75 Å². The van der Waals surface area contributed by atoms with Crippen LogP contribution >= 0.6 is 22.9 Å². The Morgan fingerprint density at radius 2 is 1.87 bits per heavy atom. The number of rotatable bonds is 9. The number of esters is 1. The minimum atomic E-state index is -0.709. The lowest BCUT2D eigenvalue weighted by atomic mass is 9.85. The van der Waals surface area contributed by atoms with Crippen molar-refractivity contribution in [3.63, 3.8) is 0 Å². The third-order valence-electron chi connectivity index (χ3n) is 5.87. The number of Topliss-reactive ketones (excluding diaryl/α,β-unsaturated/α-hetero) is 1. The van der Waals surface area contributed by atoms with Crippen molar-refractivity contribution in [3.8, 4) is 16.2 Å². The van der Waals surface area contributed by atoms with Crippen molar-refractivity contribution >= 4 is 46.6 Å². The van der Waals surface area contributed by atoms with Crippen LogP contribution in [0.25, 0.3) is 10.4 Å². The smallest absolute Gasteiger partial charge is 0.352 e. The minimum Gasteiger partial charge on any atom is -0.482 e. The molecular formula is C30H41ClN2O5S. The maximum atomic E-state index is 13.1. The average Bonchev–Trinajstić information content (AvgIpc) is 3.14. The molecule has 0 spiro atoms. The number of carbonyl (C=O) groups excluding carboxylic acids is 2. The van der Waals surface area contributed by atoms with Gasteiger partial charge in [-0.3, -0.25) is 9.79 Å². The highest BCUT2D eigenvalue weighted by Crippen LogP contribution is 2.46. The molecule has 0 amide bonds. The molecule has 3 rings (SSSR count). The lowest BCUT2D eigenvalue weighted by Gasteiger charge is -2.34. The van der Waals surface area contributed by atoms with Gasteiger partial charge < -0.3 is 19.5 Å². The van der Waals surface area contributed by atoms with E-state index in [2.05, 4.69) is 19.2 Å². The maximum Gasteiger partial charge on any atom is 0.352 e. The first-order chi connectivity index (χ1) is 18.0. The van der Waals surface area contributed by atoms with Gasteiger partial charge in [0.05, 0.1) is 16.2 Å². The van der Waals surface area contributed by atoms with E-state index in [-0.39, 0.29) is 40.2 Å². The lowest BCUT2D eigenvalue weighted by Crippen LogP contribution is -2.46. The van der Waals surface area contributed by atoms with Crippen molar-refractivity contribution in [2.24, 2.45) is 10.9 Å². The van der Waals surface area contributed by atoms with E-state index in [0.29, 0.717) is 10.8 Å². The van der Waals surface area contributed by atoms with Gasteiger partial charge in [-0.2, -0.15) is 0 Å². The number of aliphatic imine (C=N–C) groups is 1. The summed E-state index contributed by atoms with van der Waals surface area (Å²) in [7, 11) is 0. The standard InChI is InChI=1S/C30H41ClN2O5S/c1-28(2,3)37-18-22(34)17-36-24-23(31)25(39-26(24)27(35)38-29(4,5)6)20-10-9-11-21(14-20)32-16-19-12-13-33-30(7,8)15-19/h9-11,14,16,19,33H,12-13,15,17-18H2,1-8H3. The first-order valence-electron chi connectivity index (χ1n) is 13.3. The van der Waals surface area contributed by atoms with E-state index in [1.165, 1.54) is 11.3 Å². The highest BCUT2D eigenvalue weighted by atomic mass is 35.5. The number of nitrogens with zero attached hydrogens (tertiary/aromatic N) is 1. The van der Waals surface area contributed by atoms with E-state index in [4.69, 9.17) is 30.8 Å². The molecule has 1 aromatic carbocycles. The van der Waals surface area contributed by atoms with Gasteiger partial charge in [-0.05, 0) is 98.4 Å². The summed E-state index contributed by atoms with van der Waals surface area (Å²) in [6.45, 7) is 16.0. The molecule has 0 bridgehead atoms. The van der Waals surface area contributed by atoms with Crippen LogP contribution in [0.3, 0.4) is 0 Å². The zero-order valence-corrected chi connectivity index (χ0v) is 25.8. The predicted molar refractivity (Wildman–Crippen MR) is 159 cm³/mol. The third-order valence-corrected chi connectivity index (χ3v) is 7.54. The molecule has 2 heterocycles. The molecule has 0 aliphatic carbocycles. The number of ketones is 1. The van der Waals surface area contributed by atoms with E-state index < -0.39 is 17.2 Å². The van der Waals surface area contributed by atoms with Crippen LogP contribution in [0.1, 0.15) is 77.9 Å². The van der Waals surface area contributed by atoms with E-state index >= 15 is 0 Å². The molecule has 0 radical (unpaired) electrons. The second-order valence-electron chi connectivity index (χ2n) is 12.5. The number of hydrogen-bond acceptors (Lipinski definition) is 8. The molecule has 214 valence electrons. The molecule has 1 N–H and O–H groups in total. The minimum absolute atomic E-state index is 0.0933. The molecule has 7 nitrogen and oxygen atoms in total. The van der Waals surface area contributed by atoms with Gasteiger partial charge in [-0.15, -0.1) is 11.3 Å². The number of benzene rings is 1. The monoisotopic (exact) mass is 576 g/mol. The molecule has 1 saturated heterocycles. The highest BCUT2D eigenvalue weighted by Gasteiger charge is 2.29. The molecule has 1 fully saturated rings. The number of thiophene rings is 1. The van der Waals surface area contributed by atoms with Gasteiger partial charge in [0.15, 0.2) is 16.4 Å².